The number of aliphatic hydroxyl groups is 1. The lowest BCUT2D eigenvalue weighted by Gasteiger charge is -2.29. The van der Waals surface area contributed by atoms with Crippen LogP contribution in [0.5, 0.6) is 0 Å². The van der Waals surface area contributed by atoms with Crippen molar-refractivity contribution in [3.8, 4) is 0 Å². The Balaban J connectivity index is 4.87. The molecule has 0 heterocycles. The van der Waals surface area contributed by atoms with Gasteiger partial charge in [-0.2, -0.15) is 4.91 Å². The van der Waals surface area contributed by atoms with Crippen LogP contribution < -0.4 is 0 Å². The van der Waals surface area contributed by atoms with E-state index in [2.05, 4.69) is 18.3 Å². The van der Waals surface area contributed by atoms with Gasteiger partial charge < -0.3 is 14.6 Å². The summed E-state index contributed by atoms with van der Waals surface area (Å²) in [6, 6.07) is 0. The fraction of sp³-hybridized carbons (Fsp3) is 0.667. The first-order chi connectivity index (χ1) is 11.7. The molecule has 142 valence electrons. The van der Waals surface area contributed by atoms with Crippen LogP contribution in [0.25, 0.3) is 0 Å². The van der Waals surface area contributed by atoms with Crippen molar-refractivity contribution in [2.75, 3.05) is 26.4 Å². The second kappa shape index (κ2) is 11.5. The van der Waals surface area contributed by atoms with Gasteiger partial charge in [0, 0.05) is 22.5 Å². The molecule has 25 heavy (non-hydrogen) atoms. The van der Waals surface area contributed by atoms with E-state index >= 15 is 0 Å². The average molecular weight is 355 g/mol. The van der Waals surface area contributed by atoms with Crippen LogP contribution in [-0.2, 0) is 19.1 Å². The molecule has 0 aromatic heterocycles. The lowest BCUT2D eigenvalue weighted by atomic mass is 9.79. The van der Waals surface area contributed by atoms with Gasteiger partial charge in [-0.15, -0.1) is 0 Å². The summed E-state index contributed by atoms with van der Waals surface area (Å²) >= 11 is 0. The van der Waals surface area contributed by atoms with Crippen LogP contribution in [0.3, 0.4) is 0 Å². The highest BCUT2D eigenvalue weighted by Gasteiger charge is 2.29. The predicted molar refractivity (Wildman–Crippen MR) is 94.7 cm³/mol. The minimum absolute atomic E-state index is 0.00380. The summed E-state index contributed by atoms with van der Waals surface area (Å²) in [6.07, 6.45) is 1.57. The average Bonchev–Trinajstić information content (AvgIpc) is 2.58. The molecule has 0 aromatic carbocycles. The molecule has 1 N–H and O–H groups in total. The largest absolute Gasteiger partial charge is 0.462 e. The van der Waals surface area contributed by atoms with Gasteiger partial charge in [-0.05, 0) is 33.1 Å². The van der Waals surface area contributed by atoms with E-state index in [1.54, 1.807) is 13.8 Å². The molecule has 1 atom stereocenters. The molecule has 0 bridgehead atoms. The highest BCUT2D eigenvalue weighted by Crippen LogP contribution is 2.30. The van der Waals surface area contributed by atoms with Crippen LogP contribution in [0.15, 0.2) is 29.5 Å². The van der Waals surface area contributed by atoms with E-state index < -0.39 is 17.4 Å². The third-order valence-corrected chi connectivity index (χ3v) is 4.17. The van der Waals surface area contributed by atoms with E-state index in [1.807, 2.05) is 6.92 Å². The topological polar surface area (TPSA) is 102 Å². The number of nitrogens with zero attached hydrogens (tertiary/aromatic N) is 1. The summed E-state index contributed by atoms with van der Waals surface area (Å²) in [5.41, 5.74) is -0.0568. The van der Waals surface area contributed by atoms with Crippen LogP contribution in [0, 0.1) is 16.2 Å². The van der Waals surface area contributed by atoms with Crippen molar-refractivity contribution in [1.29, 1.82) is 0 Å². The molecule has 0 fully saturated rings. The maximum absolute atomic E-state index is 11.6. The molecule has 0 rings (SSSR count). The summed E-state index contributed by atoms with van der Waals surface area (Å²) in [6.45, 7) is 11.9. The van der Waals surface area contributed by atoms with Crippen molar-refractivity contribution in [1.82, 2.24) is 0 Å². The van der Waals surface area contributed by atoms with Gasteiger partial charge in [-0.3, -0.25) is 0 Å². The summed E-state index contributed by atoms with van der Waals surface area (Å²) in [5.74, 6) is -1.31. The van der Waals surface area contributed by atoms with Crippen LogP contribution in [-0.4, -0.2) is 43.4 Å². The Kier molecular flexibility index (Phi) is 10.6. The van der Waals surface area contributed by atoms with Crippen molar-refractivity contribution < 1.29 is 24.2 Å². The van der Waals surface area contributed by atoms with Gasteiger partial charge in [-0.25, -0.2) is 9.59 Å². The van der Waals surface area contributed by atoms with Crippen molar-refractivity contribution in [3.63, 3.8) is 0 Å². The number of carbonyl (C=O) groups is 2. The van der Waals surface area contributed by atoms with E-state index in [4.69, 9.17) is 9.47 Å². The molecule has 0 aromatic rings. The van der Waals surface area contributed by atoms with Gasteiger partial charge in [0.25, 0.3) is 0 Å². The molecule has 0 amide bonds. The highest BCUT2D eigenvalue weighted by atomic mass is 16.5. The molecular formula is C18H29NO6. The fourth-order valence-electron chi connectivity index (χ4n) is 2.10. The van der Waals surface area contributed by atoms with Crippen LogP contribution in [0.1, 0.15) is 40.0 Å². The van der Waals surface area contributed by atoms with Gasteiger partial charge in [0.1, 0.15) is 0 Å². The Morgan fingerprint density at radius 1 is 1.12 bits per heavy atom. The van der Waals surface area contributed by atoms with E-state index in [0.29, 0.717) is 19.3 Å². The number of aliphatic hydroxyl groups excluding tert-OH is 1. The number of rotatable bonds is 13. The SMILES string of the molecule is C=C(C)C(=O)OCC(CCC(CC)(CO)CN=O)COC(=O)C(=C)C. The Morgan fingerprint density at radius 2 is 1.60 bits per heavy atom. The van der Waals surface area contributed by atoms with E-state index in [1.165, 1.54) is 0 Å². The quantitative estimate of drug-likeness (QED) is 0.310. The smallest absolute Gasteiger partial charge is 0.333 e. The lowest BCUT2D eigenvalue weighted by Crippen LogP contribution is -2.30. The zero-order valence-electron chi connectivity index (χ0n) is 15.4. The van der Waals surface area contributed by atoms with Gasteiger partial charge >= 0.3 is 11.9 Å². The molecule has 7 nitrogen and oxygen atoms in total. The number of hydrogen-bond acceptors (Lipinski definition) is 7. The summed E-state index contributed by atoms with van der Waals surface area (Å²) in [5, 5.41) is 12.5. The number of hydrogen-bond donors (Lipinski definition) is 1. The monoisotopic (exact) mass is 355 g/mol. The van der Waals surface area contributed by atoms with E-state index in [-0.39, 0.29) is 43.4 Å². The van der Waals surface area contributed by atoms with Gasteiger partial charge in [0.15, 0.2) is 0 Å². The molecule has 0 spiro atoms. The van der Waals surface area contributed by atoms with Crippen LogP contribution in [0.4, 0.5) is 0 Å². The zero-order valence-corrected chi connectivity index (χ0v) is 15.4. The van der Waals surface area contributed by atoms with E-state index in [0.717, 1.165) is 0 Å². The van der Waals surface area contributed by atoms with E-state index in [9.17, 15) is 19.6 Å². The molecule has 1 unspecified atom stereocenters. The van der Waals surface area contributed by atoms with Crippen molar-refractivity contribution in [2.24, 2.45) is 16.5 Å². The van der Waals surface area contributed by atoms with Gasteiger partial charge in [0.2, 0.25) is 0 Å². The number of nitroso groups, excluding NO2 is 1. The van der Waals surface area contributed by atoms with Crippen molar-refractivity contribution in [3.05, 3.63) is 29.2 Å². The normalized spacial score (nSPS) is 13.0. The first-order valence-electron chi connectivity index (χ1n) is 8.26. The second-order valence-electron chi connectivity index (χ2n) is 6.46. The third-order valence-electron chi connectivity index (χ3n) is 4.17. The van der Waals surface area contributed by atoms with Crippen molar-refractivity contribution >= 4 is 11.9 Å². The molecule has 7 heteroatoms. The molecule has 0 radical (unpaired) electrons. The summed E-state index contributed by atoms with van der Waals surface area (Å²) in [7, 11) is 0. The van der Waals surface area contributed by atoms with Gasteiger partial charge in [-0.1, -0.05) is 25.3 Å². The van der Waals surface area contributed by atoms with Crippen molar-refractivity contribution in [2.45, 2.75) is 40.0 Å². The Labute approximate surface area is 149 Å². The fourth-order valence-corrected chi connectivity index (χ4v) is 2.10. The molecule has 0 saturated carbocycles. The predicted octanol–water partition coefficient (Wildman–Crippen LogP) is 2.78. The molecule has 0 saturated heterocycles. The summed E-state index contributed by atoms with van der Waals surface area (Å²) in [4.78, 5) is 33.8. The first kappa shape index (κ1) is 23.0. The number of esters is 2. The van der Waals surface area contributed by atoms with Crippen LogP contribution >= 0.6 is 0 Å². The first-order valence-corrected chi connectivity index (χ1v) is 8.26. The Morgan fingerprint density at radius 3 is 1.92 bits per heavy atom. The maximum Gasteiger partial charge on any atom is 0.333 e. The maximum atomic E-state index is 11.6. The molecule has 0 aliphatic heterocycles. The lowest BCUT2D eigenvalue weighted by molar-refractivity contribution is -0.144. The minimum Gasteiger partial charge on any atom is -0.462 e. The second-order valence-corrected chi connectivity index (χ2v) is 6.46. The third kappa shape index (κ3) is 8.58. The minimum atomic E-state index is -0.614. The zero-order chi connectivity index (χ0) is 19.5. The highest BCUT2D eigenvalue weighted by molar-refractivity contribution is 5.87. The number of carbonyl (C=O) groups excluding carboxylic acids is 2. The molecular weight excluding hydrogens is 326 g/mol. The Hall–Kier alpha value is -2.02. The van der Waals surface area contributed by atoms with Crippen LogP contribution in [0.2, 0.25) is 0 Å². The Bertz CT molecular complexity index is 466. The number of ether oxygens (including phenoxy) is 2. The molecule has 0 aliphatic carbocycles. The van der Waals surface area contributed by atoms with Gasteiger partial charge in [0.05, 0.1) is 26.4 Å². The summed E-state index contributed by atoms with van der Waals surface area (Å²) < 4.78 is 10.3. The molecule has 0 aliphatic rings. The standard InChI is InChI=1S/C18H29NO6/c1-6-18(12-20,11-19-23)8-7-15(9-24-16(21)13(2)3)10-25-17(22)14(4)5/h15,20H,2,4,6-12H2,1,3,5H3.